The SMILES string of the molecule is CSO[Si](O)(O)O. The second-order valence-corrected chi connectivity index (χ2v) is 2.97. The van der Waals surface area contributed by atoms with E-state index in [2.05, 4.69) is 3.87 Å². The van der Waals surface area contributed by atoms with E-state index >= 15 is 0 Å². The van der Waals surface area contributed by atoms with Crippen LogP contribution >= 0.6 is 12.0 Å². The zero-order chi connectivity index (χ0) is 5.91. The normalized spacial score (nSPS) is 12.0. The summed E-state index contributed by atoms with van der Waals surface area (Å²) in [6, 6.07) is 0. The molecule has 0 fully saturated rings. The van der Waals surface area contributed by atoms with Crippen LogP contribution in [0.3, 0.4) is 0 Å². The maximum absolute atomic E-state index is 8.02. The van der Waals surface area contributed by atoms with E-state index in [0.717, 1.165) is 12.0 Å². The fourth-order valence-corrected chi connectivity index (χ4v) is 1.01. The molecule has 6 heteroatoms. The van der Waals surface area contributed by atoms with Crippen LogP contribution in [0, 0.1) is 0 Å². The van der Waals surface area contributed by atoms with Crippen molar-refractivity contribution < 1.29 is 18.3 Å². The van der Waals surface area contributed by atoms with E-state index in [1.807, 2.05) is 0 Å². The Balaban J connectivity index is 3.15. The molecular weight excluding hydrogens is 136 g/mol. The quantitative estimate of drug-likeness (QED) is 0.330. The van der Waals surface area contributed by atoms with Crippen LogP contribution in [-0.2, 0) is 3.87 Å². The van der Waals surface area contributed by atoms with Crippen molar-refractivity contribution in [3.63, 3.8) is 0 Å². The van der Waals surface area contributed by atoms with E-state index in [0.29, 0.717) is 0 Å². The molecule has 0 aliphatic carbocycles. The summed E-state index contributed by atoms with van der Waals surface area (Å²) < 4.78 is 3.95. The molecule has 3 N–H and O–H groups in total. The highest BCUT2D eigenvalue weighted by Gasteiger charge is 2.30. The van der Waals surface area contributed by atoms with Crippen molar-refractivity contribution in [2.24, 2.45) is 0 Å². The Labute approximate surface area is 46.4 Å². The summed E-state index contributed by atoms with van der Waals surface area (Å²) in [5, 5.41) is 0. The van der Waals surface area contributed by atoms with E-state index in [1.165, 1.54) is 6.26 Å². The van der Waals surface area contributed by atoms with Gasteiger partial charge in [0.2, 0.25) is 0 Å². The highest BCUT2D eigenvalue weighted by Crippen LogP contribution is 2.00. The fourth-order valence-electron chi connectivity index (χ4n) is 0.112. The van der Waals surface area contributed by atoms with Crippen molar-refractivity contribution in [1.82, 2.24) is 0 Å². The Morgan fingerprint density at radius 3 is 1.86 bits per heavy atom. The van der Waals surface area contributed by atoms with Crippen LogP contribution < -0.4 is 0 Å². The molecule has 0 unspecified atom stereocenters. The summed E-state index contributed by atoms with van der Waals surface area (Å²) in [4.78, 5) is 24.1. The highest BCUT2D eigenvalue weighted by atomic mass is 32.2. The Hall–Kier alpha value is 0.407. The molecule has 0 rings (SSSR count). The Bertz CT molecular complexity index is 50.1. The van der Waals surface area contributed by atoms with Gasteiger partial charge in [0.25, 0.3) is 0 Å². The topological polar surface area (TPSA) is 69.9 Å². The van der Waals surface area contributed by atoms with Crippen LogP contribution in [0.15, 0.2) is 0 Å². The van der Waals surface area contributed by atoms with Crippen LogP contribution in [0.2, 0.25) is 0 Å². The molecule has 0 aromatic rings. The van der Waals surface area contributed by atoms with Gasteiger partial charge in [0, 0.05) is 6.26 Å². The molecule has 44 valence electrons. The molecule has 0 aliphatic rings. The number of rotatable bonds is 2. The van der Waals surface area contributed by atoms with Gasteiger partial charge in [-0.1, -0.05) is 0 Å². The highest BCUT2D eigenvalue weighted by molar-refractivity contribution is 7.94. The van der Waals surface area contributed by atoms with Gasteiger partial charge < -0.3 is 14.4 Å². The van der Waals surface area contributed by atoms with Gasteiger partial charge in [0.1, 0.15) is 0 Å². The van der Waals surface area contributed by atoms with Crippen LogP contribution in [0.1, 0.15) is 0 Å². The Kier molecular flexibility index (Phi) is 2.80. The zero-order valence-electron chi connectivity index (χ0n) is 3.66. The molecule has 7 heavy (non-hydrogen) atoms. The van der Waals surface area contributed by atoms with Crippen molar-refractivity contribution in [3.8, 4) is 0 Å². The first kappa shape index (κ1) is 7.41. The Morgan fingerprint density at radius 2 is 1.86 bits per heavy atom. The largest absolute Gasteiger partial charge is 0.682 e. The zero-order valence-corrected chi connectivity index (χ0v) is 5.47. The molecule has 0 atom stereocenters. The third kappa shape index (κ3) is 6.41. The first-order chi connectivity index (χ1) is 3.06. The molecule has 0 amide bonds. The molecule has 0 spiro atoms. The number of hydrogen-bond donors (Lipinski definition) is 3. The lowest BCUT2D eigenvalue weighted by atomic mass is 12.0. The minimum absolute atomic E-state index is 0.720. The molecule has 0 aliphatic heterocycles. The summed E-state index contributed by atoms with van der Waals surface area (Å²) in [6.45, 7) is 0. The van der Waals surface area contributed by atoms with Crippen molar-refractivity contribution in [1.29, 1.82) is 0 Å². The first-order valence-electron chi connectivity index (χ1n) is 1.45. The van der Waals surface area contributed by atoms with Crippen molar-refractivity contribution in [2.45, 2.75) is 0 Å². The molecule has 0 heterocycles. The van der Waals surface area contributed by atoms with Gasteiger partial charge in [0.15, 0.2) is 0 Å². The maximum Gasteiger partial charge on any atom is 0.682 e. The third-order valence-electron chi connectivity index (χ3n) is 0.195. The van der Waals surface area contributed by atoms with Crippen LogP contribution in [0.25, 0.3) is 0 Å². The van der Waals surface area contributed by atoms with Crippen molar-refractivity contribution in [3.05, 3.63) is 0 Å². The van der Waals surface area contributed by atoms with Crippen LogP contribution in [-0.4, -0.2) is 29.7 Å². The summed E-state index contributed by atoms with van der Waals surface area (Å²) in [7, 11) is -4.19. The van der Waals surface area contributed by atoms with Gasteiger partial charge >= 0.3 is 9.05 Å². The average molecular weight is 142 g/mol. The van der Waals surface area contributed by atoms with Gasteiger partial charge in [0.05, 0.1) is 0 Å². The van der Waals surface area contributed by atoms with Crippen molar-refractivity contribution in [2.75, 3.05) is 6.26 Å². The van der Waals surface area contributed by atoms with E-state index in [9.17, 15) is 0 Å². The lowest BCUT2D eigenvalue weighted by Gasteiger charge is -2.03. The van der Waals surface area contributed by atoms with Gasteiger partial charge in [-0.15, -0.1) is 0 Å². The monoisotopic (exact) mass is 142 g/mol. The summed E-state index contributed by atoms with van der Waals surface area (Å²) in [5.41, 5.74) is 0. The lowest BCUT2D eigenvalue weighted by molar-refractivity contribution is 0.141. The second kappa shape index (κ2) is 2.65. The predicted octanol–water partition coefficient (Wildman–Crippen LogP) is -1.31. The Morgan fingerprint density at radius 1 is 1.43 bits per heavy atom. The smallest absolute Gasteiger partial charge is 0.367 e. The third-order valence-corrected chi connectivity index (χ3v) is 1.76. The molecule has 0 saturated carbocycles. The van der Waals surface area contributed by atoms with E-state index in [-0.39, 0.29) is 0 Å². The average Bonchev–Trinajstić information content (AvgIpc) is 1.30. The molecule has 0 bridgehead atoms. The summed E-state index contributed by atoms with van der Waals surface area (Å²) in [6.07, 6.45) is 1.48. The lowest BCUT2D eigenvalue weighted by Crippen LogP contribution is -2.36. The fraction of sp³-hybridized carbons (Fsp3) is 1.00. The van der Waals surface area contributed by atoms with Gasteiger partial charge in [-0.3, -0.25) is 3.87 Å². The minimum atomic E-state index is -4.19. The van der Waals surface area contributed by atoms with Crippen LogP contribution in [0.4, 0.5) is 0 Å². The summed E-state index contributed by atoms with van der Waals surface area (Å²) >= 11 is 0.720. The minimum Gasteiger partial charge on any atom is -0.367 e. The molecule has 0 aromatic heterocycles. The predicted molar refractivity (Wildman–Crippen MR) is 27.0 cm³/mol. The molecule has 4 nitrogen and oxygen atoms in total. The van der Waals surface area contributed by atoms with E-state index in [4.69, 9.17) is 14.4 Å². The van der Waals surface area contributed by atoms with E-state index in [1.54, 1.807) is 0 Å². The second-order valence-electron chi connectivity index (χ2n) is 0.824. The van der Waals surface area contributed by atoms with Gasteiger partial charge in [-0.05, 0) is 12.0 Å². The van der Waals surface area contributed by atoms with Crippen molar-refractivity contribution >= 4 is 21.1 Å². The summed E-state index contributed by atoms with van der Waals surface area (Å²) in [5.74, 6) is 0. The van der Waals surface area contributed by atoms with E-state index < -0.39 is 9.05 Å². The number of hydrogen-bond acceptors (Lipinski definition) is 5. The molecule has 0 saturated heterocycles. The van der Waals surface area contributed by atoms with Gasteiger partial charge in [-0.25, -0.2) is 0 Å². The molecule has 0 radical (unpaired) electrons. The van der Waals surface area contributed by atoms with Gasteiger partial charge in [-0.2, -0.15) is 0 Å². The standard InChI is InChI=1S/CH6O4SSi/c1-6-5-7(2,3)4/h2-4H,1H3. The first-order valence-corrected chi connectivity index (χ1v) is 4.35. The maximum atomic E-state index is 8.02. The van der Waals surface area contributed by atoms with Crippen LogP contribution in [0.5, 0.6) is 0 Å². The molecule has 0 aromatic carbocycles. The molecular formula is CH6O4SSi.